The van der Waals surface area contributed by atoms with E-state index < -0.39 is 6.04 Å². The first-order chi connectivity index (χ1) is 9.54. The number of amides is 1. The third-order valence-corrected chi connectivity index (χ3v) is 3.79. The Kier molecular flexibility index (Phi) is 4.27. The average Bonchev–Trinajstić information content (AvgIpc) is 2.94. The van der Waals surface area contributed by atoms with Crippen molar-refractivity contribution in [2.45, 2.75) is 31.7 Å². The third-order valence-electron chi connectivity index (χ3n) is 3.79. The van der Waals surface area contributed by atoms with Gasteiger partial charge in [0.1, 0.15) is 6.04 Å². The van der Waals surface area contributed by atoms with Gasteiger partial charge in [0.25, 0.3) is 0 Å². The smallest absolute Gasteiger partial charge is 0.328 e. The molecule has 0 radical (unpaired) electrons. The van der Waals surface area contributed by atoms with Gasteiger partial charge in [0.05, 0.1) is 13.0 Å². The van der Waals surface area contributed by atoms with Gasteiger partial charge in [-0.1, -0.05) is 12.1 Å². The molecule has 0 saturated carbocycles. The zero-order chi connectivity index (χ0) is 14.7. The number of esters is 1. The molecule has 20 heavy (non-hydrogen) atoms. The molecule has 1 aromatic rings. The van der Waals surface area contributed by atoms with Crippen LogP contribution in [-0.2, 0) is 14.3 Å². The number of hydrogen-bond acceptors (Lipinski definition) is 4. The molecular weight excluding hydrogens is 256 g/mol. The minimum atomic E-state index is -0.448. The van der Waals surface area contributed by atoms with Crippen LogP contribution in [0, 0.1) is 0 Å². The Balaban J connectivity index is 2.16. The van der Waals surface area contributed by atoms with Gasteiger partial charge in [0.2, 0.25) is 5.91 Å². The lowest BCUT2D eigenvalue weighted by Gasteiger charge is -2.26. The van der Waals surface area contributed by atoms with Crippen molar-refractivity contribution in [1.29, 1.82) is 0 Å². The van der Waals surface area contributed by atoms with Crippen molar-refractivity contribution in [3.63, 3.8) is 0 Å². The van der Waals surface area contributed by atoms with Crippen LogP contribution >= 0.6 is 0 Å². The summed E-state index contributed by atoms with van der Waals surface area (Å²) in [5, 5.41) is 0. The molecule has 1 saturated heterocycles. The van der Waals surface area contributed by atoms with Crippen LogP contribution in [0.1, 0.15) is 31.2 Å². The Hall–Kier alpha value is -2.04. The number of ether oxygens (including phenoxy) is 1. The predicted octanol–water partition coefficient (Wildman–Crippen LogP) is 1.54. The van der Waals surface area contributed by atoms with Crippen LogP contribution in [0.3, 0.4) is 0 Å². The summed E-state index contributed by atoms with van der Waals surface area (Å²) in [6.45, 7) is 2.44. The molecule has 2 atom stereocenters. The van der Waals surface area contributed by atoms with Gasteiger partial charge in [-0.2, -0.15) is 0 Å². The van der Waals surface area contributed by atoms with Crippen LogP contribution in [0.15, 0.2) is 24.3 Å². The molecule has 0 aromatic heterocycles. The highest BCUT2D eigenvalue weighted by atomic mass is 16.5. The lowest BCUT2D eigenvalue weighted by atomic mass is 9.99. The first-order valence-corrected chi connectivity index (χ1v) is 6.78. The second kappa shape index (κ2) is 5.94. The molecule has 108 valence electrons. The molecule has 2 N–H and O–H groups in total. The maximum absolute atomic E-state index is 12.6. The Morgan fingerprint density at radius 2 is 2.20 bits per heavy atom. The molecular formula is C15H20N2O3. The molecule has 0 spiro atoms. The van der Waals surface area contributed by atoms with Gasteiger partial charge < -0.3 is 15.4 Å². The fourth-order valence-corrected chi connectivity index (χ4v) is 2.63. The summed E-state index contributed by atoms with van der Waals surface area (Å²) in [6, 6.07) is 6.84. The number of methoxy groups -OCH3 is 1. The quantitative estimate of drug-likeness (QED) is 0.671. The second-order valence-electron chi connectivity index (χ2n) is 5.10. The van der Waals surface area contributed by atoms with E-state index in [2.05, 4.69) is 0 Å². The highest BCUT2D eigenvalue weighted by Crippen LogP contribution is 2.26. The van der Waals surface area contributed by atoms with E-state index in [4.69, 9.17) is 10.5 Å². The van der Waals surface area contributed by atoms with E-state index in [0.29, 0.717) is 18.7 Å². The van der Waals surface area contributed by atoms with Crippen LogP contribution in [0.5, 0.6) is 0 Å². The molecule has 5 heteroatoms. The minimum Gasteiger partial charge on any atom is -0.467 e. The second-order valence-corrected chi connectivity index (χ2v) is 5.10. The number of hydrogen-bond donors (Lipinski definition) is 1. The molecule has 5 nitrogen and oxygen atoms in total. The van der Waals surface area contributed by atoms with Gasteiger partial charge in [0, 0.05) is 12.2 Å². The van der Waals surface area contributed by atoms with Gasteiger partial charge in [-0.25, -0.2) is 4.79 Å². The SMILES string of the molecule is COC(=O)C1CCCN1C(=O)C(C)c1cccc(N)c1. The van der Waals surface area contributed by atoms with E-state index >= 15 is 0 Å². The number of nitrogens with two attached hydrogens (primary N) is 1. The van der Waals surface area contributed by atoms with Crippen LogP contribution in [0.2, 0.25) is 0 Å². The molecule has 2 rings (SSSR count). The Labute approximate surface area is 118 Å². The van der Waals surface area contributed by atoms with Crippen molar-refractivity contribution in [1.82, 2.24) is 4.90 Å². The van der Waals surface area contributed by atoms with Crippen molar-refractivity contribution < 1.29 is 14.3 Å². The molecule has 0 bridgehead atoms. The summed E-state index contributed by atoms with van der Waals surface area (Å²) in [4.78, 5) is 25.9. The predicted molar refractivity (Wildman–Crippen MR) is 76.0 cm³/mol. The first-order valence-electron chi connectivity index (χ1n) is 6.78. The van der Waals surface area contributed by atoms with Crippen molar-refractivity contribution in [3.8, 4) is 0 Å². The van der Waals surface area contributed by atoms with Crippen LogP contribution in [-0.4, -0.2) is 36.5 Å². The van der Waals surface area contributed by atoms with E-state index in [9.17, 15) is 9.59 Å². The Morgan fingerprint density at radius 1 is 1.45 bits per heavy atom. The summed E-state index contributed by atoms with van der Waals surface area (Å²) >= 11 is 0. The molecule has 1 amide bonds. The van der Waals surface area contributed by atoms with E-state index in [-0.39, 0.29) is 17.8 Å². The van der Waals surface area contributed by atoms with Crippen LogP contribution in [0.4, 0.5) is 5.69 Å². The molecule has 1 aliphatic heterocycles. The van der Waals surface area contributed by atoms with E-state index in [1.807, 2.05) is 19.1 Å². The zero-order valence-electron chi connectivity index (χ0n) is 11.8. The molecule has 1 fully saturated rings. The number of rotatable bonds is 3. The summed E-state index contributed by atoms with van der Waals surface area (Å²) in [5.41, 5.74) is 7.25. The Bertz CT molecular complexity index is 516. The number of likely N-dealkylation sites (tertiary alicyclic amines) is 1. The van der Waals surface area contributed by atoms with Crippen molar-refractivity contribution in [2.24, 2.45) is 0 Å². The summed E-state index contributed by atoms with van der Waals surface area (Å²) in [7, 11) is 1.35. The van der Waals surface area contributed by atoms with Crippen LogP contribution < -0.4 is 5.73 Å². The third kappa shape index (κ3) is 2.76. The van der Waals surface area contributed by atoms with E-state index in [1.165, 1.54) is 7.11 Å². The molecule has 2 unspecified atom stereocenters. The van der Waals surface area contributed by atoms with Crippen molar-refractivity contribution in [2.75, 3.05) is 19.4 Å². The topological polar surface area (TPSA) is 72.6 Å². The lowest BCUT2D eigenvalue weighted by molar-refractivity contribution is -0.151. The number of nitrogens with zero attached hydrogens (tertiary/aromatic N) is 1. The first kappa shape index (κ1) is 14.4. The van der Waals surface area contributed by atoms with E-state index in [1.54, 1.807) is 17.0 Å². The lowest BCUT2D eigenvalue weighted by Crippen LogP contribution is -2.42. The summed E-state index contributed by atoms with van der Waals surface area (Å²) in [5.74, 6) is -0.706. The van der Waals surface area contributed by atoms with Gasteiger partial charge >= 0.3 is 5.97 Å². The normalized spacial score (nSPS) is 19.7. The monoisotopic (exact) mass is 276 g/mol. The van der Waals surface area contributed by atoms with Crippen LogP contribution in [0.25, 0.3) is 0 Å². The minimum absolute atomic E-state index is 0.0523. The number of benzene rings is 1. The molecule has 0 aliphatic carbocycles. The highest BCUT2D eigenvalue weighted by Gasteiger charge is 2.36. The molecule has 1 aliphatic rings. The number of nitrogen functional groups attached to an aromatic ring is 1. The van der Waals surface area contributed by atoms with Gasteiger partial charge in [-0.15, -0.1) is 0 Å². The fourth-order valence-electron chi connectivity index (χ4n) is 2.63. The zero-order valence-corrected chi connectivity index (χ0v) is 11.8. The number of carbonyl (C=O) groups excluding carboxylic acids is 2. The van der Waals surface area contributed by atoms with Crippen molar-refractivity contribution in [3.05, 3.63) is 29.8 Å². The number of anilines is 1. The average molecular weight is 276 g/mol. The van der Waals surface area contributed by atoms with Crippen molar-refractivity contribution >= 4 is 17.6 Å². The summed E-state index contributed by atoms with van der Waals surface area (Å²) < 4.78 is 4.77. The van der Waals surface area contributed by atoms with Gasteiger partial charge in [-0.05, 0) is 37.5 Å². The summed E-state index contributed by atoms with van der Waals surface area (Å²) in [6.07, 6.45) is 1.50. The van der Waals surface area contributed by atoms with E-state index in [0.717, 1.165) is 12.0 Å². The fraction of sp³-hybridized carbons (Fsp3) is 0.467. The largest absolute Gasteiger partial charge is 0.467 e. The van der Waals surface area contributed by atoms with Gasteiger partial charge in [0.15, 0.2) is 0 Å². The number of carbonyl (C=O) groups is 2. The van der Waals surface area contributed by atoms with Gasteiger partial charge in [-0.3, -0.25) is 4.79 Å². The standard InChI is InChI=1S/C15H20N2O3/c1-10(11-5-3-6-12(16)9-11)14(18)17-8-4-7-13(17)15(19)20-2/h3,5-6,9-10,13H,4,7-8,16H2,1-2H3. The highest BCUT2D eigenvalue weighted by molar-refractivity contribution is 5.89. The Morgan fingerprint density at radius 3 is 2.85 bits per heavy atom. The molecule has 1 heterocycles. The maximum atomic E-state index is 12.6. The maximum Gasteiger partial charge on any atom is 0.328 e. The molecule has 1 aromatic carbocycles.